The molecule has 0 aromatic heterocycles. The van der Waals surface area contributed by atoms with Crippen LogP contribution in [-0.4, -0.2) is 102 Å². The molecule has 19 heteroatoms. The summed E-state index contributed by atoms with van der Waals surface area (Å²) in [6.45, 7) is 7.83. The molecule has 6 atom stereocenters. The number of phenols is 1. The van der Waals surface area contributed by atoms with Crippen LogP contribution in [0.4, 0.5) is 10.5 Å². The number of amides is 2. The van der Waals surface area contributed by atoms with Gasteiger partial charge < -0.3 is 60.9 Å². The molecule has 74 heavy (non-hydrogen) atoms. The molecule has 2 aliphatic heterocycles. The Labute approximate surface area is 433 Å². The Morgan fingerprint density at radius 3 is 2.36 bits per heavy atom. The number of carbonyl (C=O) groups excluding carboxylic acids is 4. The van der Waals surface area contributed by atoms with Gasteiger partial charge in [-0.25, -0.2) is 9.59 Å². The van der Waals surface area contributed by atoms with E-state index in [1.807, 2.05) is 6.92 Å². The Morgan fingerprint density at radius 2 is 1.66 bits per heavy atom. The minimum atomic E-state index is -1.19. The number of phenolic OH excluding ortho intramolecular Hbond substituents is 1. The van der Waals surface area contributed by atoms with Gasteiger partial charge in [0.2, 0.25) is 11.6 Å². The number of nitrogens with one attached hydrogen (secondary N) is 4. The molecule has 0 saturated heterocycles. The van der Waals surface area contributed by atoms with Gasteiger partial charge in [0.05, 0.1) is 29.2 Å². The van der Waals surface area contributed by atoms with E-state index in [9.17, 15) is 44.1 Å². The normalized spacial score (nSPS) is 23.0. The lowest BCUT2D eigenvalue weighted by Gasteiger charge is -2.30. The van der Waals surface area contributed by atoms with Crippen molar-refractivity contribution < 1.29 is 57.9 Å². The number of primary amides is 1. The monoisotopic (exact) mass is 1030 g/mol. The number of Topliss-reactive ketones (excluding diaryl/α,β-unsaturated/α-hetero) is 1. The number of carboxylic acids is 1. The van der Waals surface area contributed by atoms with Crippen molar-refractivity contribution >= 4 is 63.5 Å². The topological polar surface area (TPSA) is 278 Å². The maximum atomic E-state index is 14.1. The number of fused-ring (bicyclic) bond motifs is 4. The van der Waals surface area contributed by atoms with Crippen LogP contribution in [-0.2, 0) is 28.6 Å². The summed E-state index contributed by atoms with van der Waals surface area (Å²) in [7, 11) is 2.90. The number of carboxylic acid groups (broad SMARTS) is 1. The summed E-state index contributed by atoms with van der Waals surface area (Å²) >= 11 is 5.54. The Balaban J connectivity index is 1.08. The second kappa shape index (κ2) is 25.5. The SMILES string of the molecule is CO[C@H]1/C=C\C=C(/C)C(=O)NC2=CC(=O)C(NCCCCCCNC(=S)Nc3ccc(-c4c5ccc(=O)cc-5oc5cc(O)ccc45)c(C(=O)O)c3)=C(C[C@@H](C)C[C@H](OC)[C@H](O)[C@@H](C)/C=C(\C)[C@@H]1OC(N)=O)C2=O. The summed E-state index contributed by atoms with van der Waals surface area (Å²) < 4.78 is 22.7. The van der Waals surface area contributed by atoms with Gasteiger partial charge >= 0.3 is 12.1 Å². The number of aliphatic hydroxyl groups is 1. The number of hydrogen-bond donors (Lipinski definition) is 8. The molecule has 0 fully saturated rings. The molecular formula is C55H63N5O13S. The average Bonchev–Trinajstić information content (AvgIpc) is 3.35. The number of rotatable bonds is 14. The van der Waals surface area contributed by atoms with Gasteiger partial charge in [-0.3, -0.25) is 19.2 Å². The maximum Gasteiger partial charge on any atom is 0.405 e. The molecule has 6 rings (SSSR count). The largest absolute Gasteiger partial charge is 0.508 e. The van der Waals surface area contributed by atoms with Gasteiger partial charge in [0.1, 0.15) is 23.2 Å². The molecule has 2 aromatic rings. The predicted octanol–water partition coefficient (Wildman–Crippen LogP) is 7.18. The zero-order chi connectivity index (χ0) is 53.8. The van der Waals surface area contributed by atoms with Crippen LogP contribution < -0.4 is 32.4 Å². The predicted molar refractivity (Wildman–Crippen MR) is 283 cm³/mol. The molecule has 0 unspecified atom stereocenters. The smallest absolute Gasteiger partial charge is 0.405 e. The molecule has 18 nitrogen and oxygen atoms in total. The molecule has 392 valence electrons. The molecule has 2 heterocycles. The highest BCUT2D eigenvalue weighted by molar-refractivity contribution is 7.80. The lowest BCUT2D eigenvalue weighted by atomic mass is 9.85. The van der Waals surface area contributed by atoms with Crippen LogP contribution in [0.15, 0.2) is 122 Å². The highest BCUT2D eigenvalue weighted by Crippen LogP contribution is 2.42. The third kappa shape index (κ3) is 14.0. The number of nitrogens with two attached hydrogens (primary N) is 1. The van der Waals surface area contributed by atoms with Gasteiger partial charge in [0, 0.05) is 84.8 Å². The van der Waals surface area contributed by atoms with E-state index in [4.69, 9.17) is 36.6 Å². The van der Waals surface area contributed by atoms with Crippen molar-refractivity contribution in [2.45, 2.75) is 90.6 Å². The van der Waals surface area contributed by atoms with Crippen molar-refractivity contribution in [3.8, 4) is 28.2 Å². The number of aromatic hydroxyl groups is 1. The minimum Gasteiger partial charge on any atom is -0.508 e. The summed E-state index contributed by atoms with van der Waals surface area (Å²) in [5, 5.41) is 44.9. The van der Waals surface area contributed by atoms with Gasteiger partial charge in [-0.2, -0.15) is 0 Å². The lowest BCUT2D eigenvalue weighted by Crippen LogP contribution is -2.38. The Hall–Kier alpha value is -7.45. The summed E-state index contributed by atoms with van der Waals surface area (Å²) in [5.41, 5.74) is 8.18. The summed E-state index contributed by atoms with van der Waals surface area (Å²) in [5.74, 6) is -3.38. The van der Waals surface area contributed by atoms with E-state index in [0.717, 1.165) is 25.3 Å². The number of carbonyl (C=O) groups is 5. The molecule has 0 saturated carbocycles. The molecule has 9 N–H and O–H groups in total. The van der Waals surface area contributed by atoms with Crippen LogP contribution in [0.5, 0.6) is 5.75 Å². The Kier molecular flexibility index (Phi) is 19.2. The quantitative estimate of drug-likeness (QED) is 0.0204. The van der Waals surface area contributed by atoms with E-state index in [1.165, 1.54) is 63.6 Å². The van der Waals surface area contributed by atoms with E-state index in [-0.39, 0.29) is 68.1 Å². The number of methoxy groups -OCH3 is 2. The first kappa shape index (κ1) is 55.9. The van der Waals surface area contributed by atoms with E-state index in [0.29, 0.717) is 59.3 Å². The summed E-state index contributed by atoms with van der Waals surface area (Å²) in [4.78, 5) is 78.1. The van der Waals surface area contributed by atoms with E-state index in [1.54, 1.807) is 50.3 Å². The highest BCUT2D eigenvalue weighted by atomic mass is 32.1. The second-order valence-electron chi connectivity index (χ2n) is 18.5. The van der Waals surface area contributed by atoms with Gasteiger partial charge in [-0.1, -0.05) is 57.1 Å². The molecule has 2 aliphatic carbocycles. The molecule has 0 radical (unpaired) electrons. The standard InChI is InChI=1S/C55H63N5O13S/c1-29-22-40-48(42(63)28-41(50(40)65)60-52(66)30(2)12-11-13-43(70-5)51(73-54(56)69)32(4)24-31(3)49(64)46(23-29)71-6)57-20-9-7-8-10-21-58-55(74)59-33-14-17-36(39(25-33)53(67)68)47-37-18-15-34(61)26-44(37)72-45-27-35(62)16-19-38(45)47/h11-19,24-29,31,43,46,49,51,57,61,64H,7-10,20-23H2,1-6H3,(H2,56,69)(H,60,66)(H,67,68)(H2,58,59,74)/b13-11-,30-12+,32-24+/t29-,31+,43+,46+,49-,51+/m1/s1. The zero-order valence-corrected chi connectivity index (χ0v) is 42.9. The first-order valence-electron chi connectivity index (χ1n) is 24.2. The maximum absolute atomic E-state index is 14.1. The molecule has 0 spiro atoms. The van der Waals surface area contributed by atoms with Crippen LogP contribution in [0, 0.1) is 11.8 Å². The van der Waals surface area contributed by atoms with Gasteiger partial charge in [-0.15, -0.1) is 0 Å². The van der Waals surface area contributed by atoms with Crippen molar-refractivity contribution in [3.63, 3.8) is 0 Å². The fourth-order valence-electron chi connectivity index (χ4n) is 9.14. The lowest BCUT2D eigenvalue weighted by molar-refractivity contribution is -0.120. The number of anilines is 1. The third-order valence-electron chi connectivity index (χ3n) is 12.9. The van der Waals surface area contributed by atoms with Gasteiger partial charge in [0.15, 0.2) is 16.6 Å². The number of ether oxygens (including phenoxy) is 3. The molecule has 2 amide bonds. The van der Waals surface area contributed by atoms with Crippen LogP contribution in [0.25, 0.3) is 33.4 Å². The highest BCUT2D eigenvalue weighted by Gasteiger charge is 2.34. The number of aliphatic hydroxyl groups excluding tert-OH is 1. The first-order chi connectivity index (χ1) is 35.3. The Bertz CT molecular complexity index is 2990. The number of thiocarbonyl (C=S) groups is 1. The minimum absolute atomic E-state index is 0.0261. The van der Waals surface area contributed by atoms with Crippen LogP contribution >= 0.6 is 12.2 Å². The first-order valence-corrected chi connectivity index (χ1v) is 24.6. The van der Waals surface area contributed by atoms with Gasteiger partial charge in [-0.05, 0) is 105 Å². The van der Waals surface area contributed by atoms with E-state index < -0.39 is 59.9 Å². The number of ketones is 2. The molecule has 2 bridgehead atoms. The number of hydrogen-bond acceptors (Lipinski definition) is 14. The van der Waals surface area contributed by atoms with E-state index >= 15 is 0 Å². The van der Waals surface area contributed by atoms with Crippen molar-refractivity contribution in [3.05, 3.63) is 129 Å². The fourth-order valence-corrected chi connectivity index (χ4v) is 9.36. The van der Waals surface area contributed by atoms with Crippen LogP contribution in [0.1, 0.15) is 76.6 Å². The Morgan fingerprint density at radius 1 is 0.932 bits per heavy atom. The number of aromatic carboxylic acids is 1. The van der Waals surface area contributed by atoms with Crippen LogP contribution in [0.3, 0.4) is 0 Å². The second-order valence-corrected chi connectivity index (χ2v) is 18.9. The molecule has 4 aliphatic rings. The van der Waals surface area contributed by atoms with E-state index in [2.05, 4.69) is 21.3 Å². The van der Waals surface area contributed by atoms with Gasteiger partial charge in [0.25, 0.3) is 5.91 Å². The van der Waals surface area contributed by atoms with Crippen molar-refractivity contribution in [1.29, 1.82) is 0 Å². The number of unbranched alkanes of at least 4 members (excludes halogenated alkanes) is 3. The van der Waals surface area contributed by atoms with Crippen molar-refractivity contribution in [2.75, 3.05) is 32.6 Å². The van der Waals surface area contributed by atoms with Crippen LogP contribution in [0.2, 0.25) is 0 Å². The number of allylic oxidation sites excluding steroid dienone is 4. The van der Waals surface area contributed by atoms with Crippen molar-refractivity contribution in [2.24, 2.45) is 17.6 Å². The zero-order valence-electron chi connectivity index (χ0n) is 42.1. The summed E-state index contributed by atoms with van der Waals surface area (Å²) in [6, 6.07) is 13.6. The number of benzene rings is 3. The average molecular weight is 1030 g/mol. The third-order valence-corrected chi connectivity index (χ3v) is 13.2. The molecule has 2 aromatic carbocycles. The fraction of sp³-hybridized carbons (Fsp3) is 0.364. The molecular weight excluding hydrogens is 971 g/mol. The summed E-state index contributed by atoms with van der Waals surface area (Å²) in [6.07, 6.45) is 6.32. The van der Waals surface area contributed by atoms with Crippen molar-refractivity contribution in [1.82, 2.24) is 16.0 Å².